The molecule has 0 heterocycles. The van der Waals surface area contributed by atoms with Crippen molar-refractivity contribution in [1.82, 2.24) is 5.48 Å². The van der Waals surface area contributed by atoms with Crippen molar-refractivity contribution in [3.8, 4) is 0 Å². The number of hydroxylamine groups is 1. The lowest BCUT2D eigenvalue weighted by atomic mass is 10.2. The van der Waals surface area contributed by atoms with E-state index in [0.717, 1.165) is 4.70 Å². The SMILES string of the molecule is CCCC(=O)NOCc1c(F)cccc1NC(O)/[N+](C)=N\N. The molecule has 122 valence electrons. The highest BCUT2D eigenvalue weighted by Gasteiger charge is 2.15. The number of benzene rings is 1. The lowest BCUT2D eigenvalue weighted by molar-refractivity contribution is -0.636. The predicted molar refractivity (Wildman–Crippen MR) is 76.7 cm³/mol. The number of rotatable bonds is 8. The highest BCUT2D eigenvalue weighted by molar-refractivity contribution is 5.74. The van der Waals surface area contributed by atoms with Gasteiger partial charge in [0.25, 0.3) is 6.35 Å². The van der Waals surface area contributed by atoms with E-state index in [1.807, 2.05) is 6.92 Å². The molecule has 0 saturated heterocycles. The lowest BCUT2D eigenvalue weighted by Gasteiger charge is -2.15. The first-order valence-corrected chi connectivity index (χ1v) is 6.75. The zero-order valence-electron chi connectivity index (χ0n) is 12.5. The van der Waals surface area contributed by atoms with Crippen LogP contribution in [0.3, 0.4) is 0 Å². The molecule has 1 aromatic carbocycles. The van der Waals surface area contributed by atoms with Gasteiger partial charge in [0.15, 0.2) is 0 Å². The quantitative estimate of drug-likeness (QED) is 0.187. The van der Waals surface area contributed by atoms with Gasteiger partial charge in [-0.1, -0.05) is 13.0 Å². The fourth-order valence-corrected chi connectivity index (χ4v) is 1.60. The van der Waals surface area contributed by atoms with E-state index < -0.39 is 12.2 Å². The summed E-state index contributed by atoms with van der Waals surface area (Å²) in [5.41, 5.74) is 2.68. The Balaban J connectivity index is 2.75. The monoisotopic (exact) mass is 314 g/mol. The number of hydrogen-bond donors (Lipinski definition) is 4. The Morgan fingerprint density at radius 2 is 2.32 bits per heavy atom. The van der Waals surface area contributed by atoms with Crippen LogP contribution in [0.4, 0.5) is 10.1 Å². The normalized spacial score (nSPS) is 12.8. The average molecular weight is 314 g/mol. The number of carbonyl (C=O) groups is 1. The van der Waals surface area contributed by atoms with E-state index in [1.165, 1.54) is 19.2 Å². The minimum atomic E-state index is -1.24. The standard InChI is InChI=1S/C13H20FN5O3/c1-3-5-12(20)17-22-8-9-10(14)6-4-7-11(9)16-13(21)19(2)18-15/h4,6-7,13,15-16,21H,3,5,8H2,1-2H3,(H,17,20)/p+1. The van der Waals surface area contributed by atoms with Gasteiger partial charge in [0.2, 0.25) is 5.91 Å². The maximum atomic E-state index is 13.9. The second-order valence-electron chi connectivity index (χ2n) is 4.54. The van der Waals surface area contributed by atoms with Crippen LogP contribution in [0.5, 0.6) is 0 Å². The molecule has 0 radical (unpaired) electrons. The van der Waals surface area contributed by atoms with Crippen LogP contribution in [0, 0.1) is 5.82 Å². The Bertz CT molecular complexity index is 538. The van der Waals surface area contributed by atoms with Crippen LogP contribution in [0.15, 0.2) is 23.4 Å². The van der Waals surface area contributed by atoms with Crippen LogP contribution in [0.1, 0.15) is 25.3 Å². The van der Waals surface area contributed by atoms with Gasteiger partial charge in [-0.2, -0.15) is 5.84 Å². The maximum absolute atomic E-state index is 13.9. The number of aliphatic hydroxyl groups is 1. The molecule has 0 aliphatic heterocycles. The number of nitrogens with zero attached hydrogens (tertiary/aromatic N) is 2. The summed E-state index contributed by atoms with van der Waals surface area (Å²) in [7, 11) is 1.44. The topological polar surface area (TPSA) is 112 Å². The van der Waals surface area contributed by atoms with Crippen LogP contribution in [-0.4, -0.2) is 29.1 Å². The van der Waals surface area contributed by atoms with E-state index in [-0.39, 0.29) is 18.1 Å². The number of amides is 1. The third-order valence-corrected chi connectivity index (χ3v) is 2.82. The second kappa shape index (κ2) is 8.90. The van der Waals surface area contributed by atoms with Crippen LogP contribution in [0.25, 0.3) is 0 Å². The molecule has 22 heavy (non-hydrogen) atoms. The Hall–Kier alpha value is -2.26. The van der Waals surface area contributed by atoms with Gasteiger partial charge in [0.05, 0.1) is 5.22 Å². The van der Waals surface area contributed by atoms with Crippen molar-refractivity contribution in [3.05, 3.63) is 29.6 Å². The van der Waals surface area contributed by atoms with Crippen molar-refractivity contribution < 1.29 is 23.8 Å². The molecule has 0 fully saturated rings. The Morgan fingerprint density at radius 1 is 1.59 bits per heavy atom. The number of carbonyl (C=O) groups excluding carboxylic acids is 1. The van der Waals surface area contributed by atoms with Crippen molar-refractivity contribution >= 4 is 11.6 Å². The number of anilines is 1. The minimum Gasteiger partial charge on any atom is -0.337 e. The van der Waals surface area contributed by atoms with Crippen molar-refractivity contribution in [2.75, 3.05) is 12.4 Å². The molecule has 0 aromatic heterocycles. The zero-order chi connectivity index (χ0) is 16.5. The minimum absolute atomic E-state index is 0.156. The first-order valence-electron chi connectivity index (χ1n) is 6.75. The van der Waals surface area contributed by atoms with E-state index in [9.17, 15) is 14.3 Å². The van der Waals surface area contributed by atoms with Gasteiger partial charge in [-0.05, 0) is 18.6 Å². The van der Waals surface area contributed by atoms with E-state index in [2.05, 4.69) is 16.0 Å². The Labute approximate surface area is 127 Å². The van der Waals surface area contributed by atoms with E-state index in [4.69, 9.17) is 10.7 Å². The van der Waals surface area contributed by atoms with Crippen molar-refractivity contribution in [2.45, 2.75) is 32.7 Å². The molecule has 0 saturated carbocycles. The molecule has 5 N–H and O–H groups in total. The second-order valence-corrected chi connectivity index (χ2v) is 4.54. The lowest BCUT2D eigenvalue weighted by Crippen LogP contribution is -2.31. The first-order chi connectivity index (χ1) is 10.5. The summed E-state index contributed by atoms with van der Waals surface area (Å²) < 4.78 is 14.9. The van der Waals surface area contributed by atoms with Gasteiger partial charge in [0, 0.05) is 17.7 Å². The molecule has 1 atom stereocenters. The molecule has 0 bridgehead atoms. The Morgan fingerprint density at radius 3 is 2.95 bits per heavy atom. The maximum Gasteiger partial charge on any atom is 0.295 e. The zero-order valence-corrected chi connectivity index (χ0v) is 12.5. The summed E-state index contributed by atoms with van der Waals surface area (Å²) in [6.07, 6.45) is -0.229. The molecule has 8 nitrogen and oxygen atoms in total. The van der Waals surface area contributed by atoms with Gasteiger partial charge in [0.1, 0.15) is 19.5 Å². The Kier molecular flexibility index (Phi) is 7.20. The van der Waals surface area contributed by atoms with Crippen LogP contribution in [-0.2, 0) is 16.2 Å². The molecule has 9 heteroatoms. The van der Waals surface area contributed by atoms with Crippen molar-refractivity contribution in [1.29, 1.82) is 0 Å². The van der Waals surface area contributed by atoms with Crippen LogP contribution >= 0.6 is 0 Å². The predicted octanol–water partition coefficient (Wildman–Crippen LogP) is 0.830. The smallest absolute Gasteiger partial charge is 0.295 e. The number of aliphatic hydroxyl groups excluding tert-OH is 1. The van der Waals surface area contributed by atoms with Crippen molar-refractivity contribution in [2.24, 2.45) is 11.1 Å². The molecule has 0 spiro atoms. The van der Waals surface area contributed by atoms with Gasteiger partial charge in [-0.3, -0.25) is 9.63 Å². The average Bonchev–Trinajstić information content (AvgIpc) is 2.49. The molecule has 1 aromatic rings. The molecule has 0 aliphatic rings. The highest BCUT2D eigenvalue weighted by atomic mass is 19.1. The molecule has 1 rings (SSSR count). The van der Waals surface area contributed by atoms with E-state index >= 15 is 0 Å². The van der Waals surface area contributed by atoms with Gasteiger partial charge < -0.3 is 10.4 Å². The summed E-state index contributed by atoms with van der Waals surface area (Å²) in [4.78, 5) is 16.3. The summed E-state index contributed by atoms with van der Waals surface area (Å²) in [5.74, 6) is 4.23. The highest BCUT2D eigenvalue weighted by Crippen LogP contribution is 2.20. The van der Waals surface area contributed by atoms with Crippen LogP contribution < -0.4 is 16.6 Å². The molecule has 1 unspecified atom stereocenters. The third-order valence-electron chi connectivity index (χ3n) is 2.82. The number of nitrogens with two attached hydrogens (primary N) is 1. The van der Waals surface area contributed by atoms with Crippen LogP contribution in [0.2, 0.25) is 0 Å². The number of nitrogens with one attached hydrogen (secondary N) is 2. The van der Waals surface area contributed by atoms with Gasteiger partial charge >= 0.3 is 0 Å². The fraction of sp³-hybridized carbons (Fsp3) is 0.462. The summed E-state index contributed by atoms with van der Waals surface area (Å²) in [5, 5.41) is 15.7. The summed E-state index contributed by atoms with van der Waals surface area (Å²) in [6.45, 7) is 1.67. The van der Waals surface area contributed by atoms with E-state index in [0.29, 0.717) is 18.5 Å². The molecule has 1 amide bonds. The largest absolute Gasteiger partial charge is 0.337 e. The van der Waals surface area contributed by atoms with E-state index in [1.54, 1.807) is 6.07 Å². The van der Waals surface area contributed by atoms with Gasteiger partial charge in [-0.15, -0.1) is 4.70 Å². The summed E-state index contributed by atoms with van der Waals surface area (Å²) in [6, 6.07) is 4.29. The fourth-order valence-electron chi connectivity index (χ4n) is 1.60. The molecular weight excluding hydrogens is 293 g/mol. The molecule has 0 aliphatic carbocycles. The number of hydrogen-bond acceptors (Lipinski definition) is 5. The summed E-state index contributed by atoms with van der Waals surface area (Å²) >= 11 is 0. The first kappa shape index (κ1) is 17.8. The van der Waals surface area contributed by atoms with Crippen molar-refractivity contribution in [3.63, 3.8) is 0 Å². The number of halogens is 1. The molecular formula is C13H21FN5O3+. The van der Waals surface area contributed by atoms with Gasteiger partial charge in [-0.25, -0.2) is 9.87 Å². The third kappa shape index (κ3) is 5.26.